The summed E-state index contributed by atoms with van der Waals surface area (Å²) in [4.78, 5) is 23.5. The van der Waals surface area contributed by atoms with Gasteiger partial charge in [0, 0.05) is 5.92 Å². The van der Waals surface area contributed by atoms with Crippen LogP contribution < -0.4 is 5.32 Å². The van der Waals surface area contributed by atoms with E-state index in [-0.39, 0.29) is 17.7 Å². The number of amides is 1. The van der Waals surface area contributed by atoms with Crippen molar-refractivity contribution in [3.05, 3.63) is 0 Å². The number of carbonyl (C=O) groups excluding carboxylic acids is 2. The fraction of sp³-hybridized carbons (Fsp3) is 0.846. The number of ether oxygens (including phenoxy) is 1. The number of Topliss-reactive ketones (excluding diaryl/α,β-unsaturated/α-hetero) is 1. The molecule has 4 nitrogen and oxygen atoms in total. The van der Waals surface area contributed by atoms with Gasteiger partial charge in [-0.3, -0.25) is 4.79 Å². The van der Waals surface area contributed by atoms with Crippen molar-refractivity contribution in [2.45, 2.75) is 65.0 Å². The maximum atomic E-state index is 11.9. The molecule has 1 saturated carbocycles. The standard InChI is InChI=1S/C13H23NO3/c1-5-6-10(11(15)9-7-8-9)14-12(16)17-13(2,3)4/h9-10H,5-8H2,1-4H3,(H,14,16)/t10-/m1/s1. The molecule has 0 unspecified atom stereocenters. The molecule has 1 atom stereocenters. The minimum atomic E-state index is -0.524. The molecule has 0 spiro atoms. The first-order valence-electron chi connectivity index (χ1n) is 6.36. The molecule has 0 bridgehead atoms. The van der Waals surface area contributed by atoms with E-state index >= 15 is 0 Å². The smallest absolute Gasteiger partial charge is 0.408 e. The van der Waals surface area contributed by atoms with Crippen LogP contribution >= 0.6 is 0 Å². The SMILES string of the molecule is CCC[C@@H](NC(=O)OC(C)(C)C)C(=O)C1CC1. The third kappa shape index (κ3) is 5.20. The predicted octanol–water partition coefficient (Wildman–Crippen LogP) is 2.66. The van der Waals surface area contributed by atoms with E-state index in [1.807, 2.05) is 27.7 Å². The van der Waals surface area contributed by atoms with Crippen LogP contribution in [0.5, 0.6) is 0 Å². The van der Waals surface area contributed by atoms with Crippen LogP contribution in [0, 0.1) is 5.92 Å². The van der Waals surface area contributed by atoms with Gasteiger partial charge in [-0.2, -0.15) is 0 Å². The molecular formula is C13H23NO3. The molecule has 0 radical (unpaired) electrons. The van der Waals surface area contributed by atoms with Gasteiger partial charge in [-0.15, -0.1) is 0 Å². The second kappa shape index (κ2) is 5.52. The highest BCUT2D eigenvalue weighted by Crippen LogP contribution is 2.31. The lowest BCUT2D eigenvalue weighted by molar-refractivity contribution is -0.122. The van der Waals surface area contributed by atoms with E-state index in [0.29, 0.717) is 6.42 Å². The first-order valence-corrected chi connectivity index (χ1v) is 6.36. The first-order chi connectivity index (χ1) is 7.83. The van der Waals surface area contributed by atoms with Gasteiger partial charge in [-0.05, 0) is 40.0 Å². The van der Waals surface area contributed by atoms with E-state index in [2.05, 4.69) is 5.32 Å². The zero-order valence-corrected chi connectivity index (χ0v) is 11.2. The van der Waals surface area contributed by atoms with Gasteiger partial charge in [0.25, 0.3) is 0 Å². The molecule has 0 aromatic rings. The molecule has 1 N–H and O–H groups in total. The third-order valence-corrected chi connectivity index (χ3v) is 2.59. The second-order valence-corrected chi connectivity index (χ2v) is 5.66. The Kier molecular flexibility index (Phi) is 4.54. The van der Waals surface area contributed by atoms with E-state index in [0.717, 1.165) is 19.3 Å². The lowest BCUT2D eigenvalue weighted by Gasteiger charge is -2.22. The summed E-state index contributed by atoms with van der Waals surface area (Å²) in [5.74, 6) is 0.333. The van der Waals surface area contributed by atoms with Crippen LogP contribution in [0.1, 0.15) is 53.4 Å². The summed E-state index contributed by atoms with van der Waals surface area (Å²) in [6.07, 6.45) is 3.00. The highest BCUT2D eigenvalue weighted by Gasteiger charge is 2.35. The minimum absolute atomic E-state index is 0.165. The fourth-order valence-electron chi connectivity index (χ4n) is 1.68. The van der Waals surface area contributed by atoms with E-state index < -0.39 is 11.7 Å². The molecule has 1 rings (SSSR count). The van der Waals surface area contributed by atoms with Crippen molar-refractivity contribution in [3.63, 3.8) is 0 Å². The molecule has 0 heterocycles. The fourth-order valence-corrected chi connectivity index (χ4v) is 1.68. The largest absolute Gasteiger partial charge is 0.444 e. The summed E-state index contributed by atoms with van der Waals surface area (Å²) in [7, 11) is 0. The van der Waals surface area contributed by atoms with Gasteiger partial charge in [-0.1, -0.05) is 13.3 Å². The number of rotatable bonds is 5. The van der Waals surface area contributed by atoms with Gasteiger partial charge in [0.15, 0.2) is 5.78 Å². The van der Waals surface area contributed by atoms with Crippen molar-refractivity contribution < 1.29 is 14.3 Å². The number of nitrogens with one attached hydrogen (secondary N) is 1. The zero-order chi connectivity index (χ0) is 13.1. The lowest BCUT2D eigenvalue weighted by atomic mass is 10.0. The summed E-state index contributed by atoms with van der Waals surface area (Å²) in [6, 6.07) is -0.373. The quantitative estimate of drug-likeness (QED) is 0.805. The molecule has 1 aliphatic rings. The lowest BCUT2D eigenvalue weighted by Crippen LogP contribution is -2.44. The Bertz CT molecular complexity index is 290. The number of alkyl carbamates (subject to hydrolysis) is 1. The average Bonchev–Trinajstić information content (AvgIpc) is 2.96. The number of hydrogen-bond donors (Lipinski definition) is 1. The monoisotopic (exact) mass is 241 g/mol. The molecule has 17 heavy (non-hydrogen) atoms. The van der Waals surface area contributed by atoms with Crippen molar-refractivity contribution in [2.75, 3.05) is 0 Å². The Morgan fingerprint density at radius 2 is 1.94 bits per heavy atom. The Morgan fingerprint density at radius 1 is 1.35 bits per heavy atom. The Hall–Kier alpha value is -1.06. The van der Waals surface area contributed by atoms with Gasteiger partial charge in [-0.25, -0.2) is 4.79 Å². The number of carbonyl (C=O) groups is 2. The van der Waals surface area contributed by atoms with Crippen molar-refractivity contribution in [3.8, 4) is 0 Å². The molecular weight excluding hydrogens is 218 g/mol. The molecule has 1 amide bonds. The van der Waals surface area contributed by atoms with Gasteiger partial charge in [0.1, 0.15) is 5.60 Å². The maximum Gasteiger partial charge on any atom is 0.408 e. The molecule has 1 aliphatic carbocycles. The Balaban J connectivity index is 2.48. The zero-order valence-electron chi connectivity index (χ0n) is 11.2. The Labute approximate surface area is 103 Å². The van der Waals surface area contributed by atoms with Crippen molar-refractivity contribution in [1.82, 2.24) is 5.32 Å². The van der Waals surface area contributed by atoms with Crippen LogP contribution in [0.15, 0.2) is 0 Å². The minimum Gasteiger partial charge on any atom is -0.444 e. The van der Waals surface area contributed by atoms with Crippen molar-refractivity contribution in [1.29, 1.82) is 0 Å². The molecule has 4 heteroatoms. The van der Waals surface area contributed by atoms with E-state index in [4.69, 9.17) is 4.74 Å². The molecule has 0 aliphatic heterocycles. The van der Waals surface area contributed by atoms with Gasteiger partial charge in [0.05, 0.1) is 6.04 Å². The first kappa shape index (κ1) is 14.0. The van der Waals surface area contributed by atoms with E-state index in [9.17, 15) is 9.59 Å². The second-order valence-electron chi connectivity index (χ2n) is 5.66. The highest BCUT2D eigenvalue weighted by atomic mass is 16.6. The molecule has 0 aromatic heterocycles. The summed E-state index contributed by atoms with van der Waals surface area (Å²) in [6.45, 7) is 7.43. The van der Waals surface area contributed by atoms with E-state index in [1.54, 1.807) is 0 Å². The average molecular weight is 241 g/mol. The van der Waals surface area contributed by atoms with Crippen LogP contribution in [0.2, 0.25) is 0 Å². The molecule has 1 fully saturated rings. The van der Waals surface area contributed by atoms with Crippen LogP contribution in [0.4, 0.5) is 4.79 Å². The van der Waals surface area contributed by atoms with Gasteiger partial charge < -0.3 is 10.1 Å². The van der Waals surface area contributed by atoms with Crippen LogP contribution in [-0.4, -0.2) is 23.5 Å². The van der Waals surface area contributed by atoms with Gasteiger partial charge >= 0.3 is 6.09 Å². The summed E-state index contributed by atoms with van der Waals surface area (Å²) < 4.78 is 5.16. The van der Waals surface area contributed by atoms with Crippen LogP contribution in [0.25, 0.3) is 0 Å². The molecule has 0 aromatic carbocycles. The molecule has 0 saturated heterocycles. The van der Waals surface area contributed by atoms with Gasteiger partial charge in [0.2, 0.25) is 0 Å². The Morgan fingerprint density at radius 3 is 2.35 bits per heavy atom. The number of hydrogen-bond acceptors (Lipinski definition) is 3. The van der Waals surface area contributed by atoms with Crippen LogP contribution in [-0.2, 0) is 9.53 Å². The maximum absolute atomic E-state index is 11.9. The topological polar surface area (TPSA) is 55.4 Å². The van der Waals surface area contributed by atoms with Crippen LogP contribution in [0.3, 0.4) is 0 Å². The number of ketones is 1. The summed E-state index contributed by atoms with van der Waals surface area (Å²) >= 11 is 0. The molecule has 98 valence electrons. The van der Waals surface area contributed by atoms with E-state index in [1.165, 1.54) is 0 Å². The summed E-state index contributed by atoms with van der Waals surface area (Å²) in [5, 5.41) is 2.68. The normalized spacial score (nSPS) is 17.4. The van der Waals surface area contributed by atoms with Crippen molar-refractivity contribution >= 4 is 11.9 Å². The predicted molar refractivity (Wildman–Crippen MR) is 65.8 cm³/mol. The third-order valence-electron chi connectivity index (χ3n) is 2.59. The highest BCUT2D eigenvalue weighted by molar-refractivity contribution is 5.90. The summed E-state index contributed by atoms with van der Waals surface area (Å²) in [5.41, 5.74) is -0.524. The van der Waals surface area contributed by atoms with Crippen molar-refractivity contribution in [2.24, 2.45) is 5.92 Å².